The molecule has 3 rings (SSSR count). The highest BCUT2D eigenvalue weighted by molar-refractivity contribution is 9.18. The second-order valence-corrected chi connectivity index (χ2v) is 4.83. The highest BCUT2D eigenvalue weighted by atomic mass is 79.9. The van der Waals surface area contributed by atoms with Crippen LogP contribution in [0.15, 0.2) is 23.3 Å². The van der Waals surface area contributed by atoms with E-state index in [0.29, 0.717) is 18.8 Å². The van der Waals surface area contributed by atoms with E-state index in [-0.39, 0.29) is 0 Å². The van der Waals surface area contributed by atoms with Crippen molar-refractivity contribution in [3.63, 3.8) is 0 Å². The van der Waals surface area contributed by atoms with E-state index in [2.05, 4.69) is 25.9 Å². The van der Waals surface area contributed by atoms with Gasteiger partial charge in [0.1, 0.15) is 16.1 Å². The molecular formula is C12H10BrN3O2. The summed E-state index contributed by atoms with van der Waals surface area (Å²) in [6.45, 7) is 2.83. The second kappa shape index (κ2) is 4.20. The van der Waals surface area contributed by atoms with Crippen molar-refractivity contribution >= 4 is 32.3 Å². The van der Waals surface area contributed by atoms with Crippen LogP contribution >= 0.6 is 15.9 Å². The fraction of sp³-hybridized carbons (Fsp3) is 0.250. The zero-order valence-corrected chi connectivity index (χ0v) is 11.3. The molecule has 0 aromatic rings. The van der Waals surface area contributed by atoms with Gasteiger partial charge in [0.25, 0.3) is 0 Å². The first-order valence-electron chi connectivity index (χ1n) is 5.59. The number of carbonyl (C=O) groups is 1. The van der Waals surface area contributed by atoms with Crippen molar-refractivity contribution in [2.24, 2.45) is 4.99 Å². The van der Waals surface area contributed by atoms with E-state index in [0.717, 1.165) is 21.7 Å². The van der Waals surface area contributed by atoms with Gasteiger partial charge in [-0.2, -0.15) is 0 Å². The van der Waals surface area contributed by atoms with E-state index in [1.54, 1.807) is 13.0 Å². The zero-order valence-electron chi connectivity index (χ0n) is 9.68. The number of fused-ring (bicyclic) bond motifs is 3. The Bertz CT molecular complexity index is 633. The van der Waals surface area contributed by atoms with Crippen molar-refractivity contribution in [3.05, 3.63) is 24.0 Å². The van der Waals surface area contributed by atoms with Crippen molar-refractivity contribution in [2.75, 3.05) is 6.61 Å². The quantitative estimate of drug-likeness (QED) is 0.801. The monoisotopic (exact) mass is 307 g/mol. The number of pyridine rings is 1. The standard InChI is InChI=1S/C12H10BrN3O2/c1-2-18-12(17)9-5-7-8(14-9)3-4-16-6-10(13)15-11(7)16/h3-5H,2,6H2,1H3. The first kappa shape index (κ1) is 11.4. The van der Waals surface area contributed by atoms with E-state index in [1.165, 1.54) is 0 Å². The van der Waals surface area contributed by atoms with Crippen LogP contribution in [-0.2, 0) is 11.3 Å². The Balaban J connectivity index is 2.10. The predicted molar refractivity (Wildman–Crippen MR) is 70.8 cm³/mol. The Hall–Kier alpha value is -1.69. The largest absolute Gasteiger partial charge is 0.461 e. The van der Waals surface area contributed by atoms with Crippen LogP contribution < -0.4 is 0 Å². The first-order valence-corrected chi connectivity index (χ1v) is 6.38. The molecule has 0 bridgehead atoms. The summed E-state index contributed by atoms with van der Waals surface area (Å²) >= 11 is 3.38. The zero-order chi connectivity index (χ0) is 12.7. The molecule has 18 heavy (non-hydrogen) atoms. The molecule has 0 amide bonds. The molecule has 0 atom stereocenters. The molecule has 3 heterocycles. The number of rotatable bonds is 2. The van der Waals surface area contributed by atoms with Crippen LogP contribution in [0.2, 0.25) is 0 Å². The van der Waals surface area contributed by atoms with Crippen molar-refractivity contribution < 1.29 is 9.53 Å². The molecule has 0 aromatic heterocycles. The lowest BCUT2D eigenvalue weighted by Crippen LogP contribution is -2.04. The third-order valence-electron chi connectivity index (χ3n) is 2.74. The van der Waals surface area contributed by atoms with Gasteiger partial charge in [-0.05, 0) is 35.0 Å². The summed E-state index contributed by atoms with van der Waals surface area (Å²) in [5, 5.41) is 0. The molecule has 6 heteroatoms. The molecule has 0 N–H and O–H groups in total. The molecule has 0 fully saturated rings. The minimum absolute atomic E-state index is 0.332. The van der Waals surface area contributed by atoms with E-state index >= 15 is 0 Å². The third-order valence-corrected chi connectivity index (χ3v) is 3.16. The SMILES string of the molecule is CCOC(=O)c1cc2c3n(ccc-2n1)CC(Br)=N3. The highest BCUT2D eigenvalue weighted by Gasteiger charge is 2.22. The number of hydrogen-bond donors (Lipinski definition) is 0. The highest BCUT2D eigenvalue weighted by Crippen LogP contribution is 2.36. The third kappa shape index (κ3) is 1.73. The summed E-state index contributed by atoms with van der Waals surface area (Å²) in [6.07, 6.45) is 1.91. The van der Waals surface area contributed by atoms with E-state index in [9.17, 15) is 4.79 Å². The number of hydrogen-bond acceptors (Lipinski definition) is 4. The van der Waals surface area contributed by atoms with Gasteiger partial charge >= 0.3 is 5.97 Å². The van der Waals surface area contributed by atoms with E-state index in [1.807, 2.05) is 16.8 Å². The van der Waals surface area contributed by atoms with Crippen molar-refractivity contribution in [1.82, 2.24) is 9.55 Å². The Kier molecular flexibility index (Phi) is 2.66. The fourth-order valence-corrected chi connectivity index (χ4v) is 2.42. The Morgan fingerprint density at radius 2 is 2.44 bits per heavy atom. The molecule has 0 unspecified atom stereocenters. The molecule has 0 radical (unpaired) electrons. The van der Waals surface area contributed by atoms with Crippen LogP contribution in [0.4, 0.5) is 5.82 Å². The summed E-state index contributed by atoms with van der Waals surface area (Å²) in [5.74, 6) is 0.427. The van der Waals surface area contributed by atoms with Gasteiger partial charge in [0.2, 0.25) is 0 Å². The van der Waals surface area contributed by atoms with E-state index in [4.69, 9.17) is 4.74 Å². The van der Waals surface area contributed by atoms with Gasteiger partial charge < -0.3 is 9.30 Å². The molecule has 5 nitrogen and oxygen atoms in total. The van der Waals surface area contributed by atoms with Gasteiger partial charge in [0.15, 0.2) is 0 Å². The smallest absolute Gasteiger partial charge is 0.356 e. The van der Waals surface area contributed by atoms with Gasteiger partial charge in [0, 0.05) is 11.8 Å². The Morgan fingerprint density at radius 3 is 3.22 bits per heavy atom. The molecule has 92 valence electrons. The maximum atomic E-state index is 11.6. The van der Waals surface area contributed by atoms with E-state index < -0.39 is 5.97 Å². The number of carbonyl (C=O) groups excluding carboxylic acids is 1. The summed E-state index contributed by atoms with van der Waals surface area (Å²) in [6, 6.07) is 3.61. The average Bonchev–Trinajstić information content (AvgIpc) is 2.90. The number of nitrogens with zero attached hydrogens (tertiary/aromatic N) is 3. The maximum absolute atomic E-state index is 11.6. The molecular weight excluding hydrogens is 298 g/mol. The van der Waals surface area contributed by atoms with Gasteiger partial charge in [0.05, 0.1) is 18.8 Å². The minimum atomic E-state index is -0.395. The lowest BCUT2D eigenvalue weighted by molar-refractivity contribution is 0.0520. The van der Waals surface area contributed by atoms with Gasteiger partial charge in [-0.15, -0.1) is 0 Å². The summed E-state index contributed by atoms with van der Waals surface area (Å²) in [5.41, 5.74) is 1.96. The molecule has 0 spiro atoms. The van der Waals surface area contributed by atoms with Gasteiger partial charge in [-0.1, -0.05) is 0 Å². The van der Waals surface area contributed by atoms with Crippen LogP contribution in [0.1, 0.15) is 17.4 Å². The summed E-state index contributed by atoms with van der Waals surface area (Å²) in [7, 11) is 0. The lowest BCUT2D eigenvalue weighted by atomic mass is 10.2. The number of aliphatic imine (C=N–C) groups is 1. The molecule has 0 aliphatic carbocycles. The topological polar surface area (TPSA) is 56.5 Å². The van der Waals surface area contributed by atoms with Crippen LogP contribution in [0.25, 0.3) is 11.3 Å². The average molecular weight is 308 g/mol. The fourth-order valence-electron chi connectivity index (χ4n) is 1.98. The van der Waals surface area contributed by atoms with Gasteiger partial charge in [-0.3, -0.25) is 0 Å². The molecule has 0 saturated carbocycles. The van der Waals surface area contributed by atoms with Crippen LogP contribution in [0.5, 0.6) is 0 Å². The molecule has 0 aromatic carbocycles. The summed E-state index contributed by atoms with van der Waals surface area (Å²) < 4.78 is 7.82. The number of ether oxygens (including phenoxy) is 1. The lowest BCUT2D eigenvalue weighted by Gasteiger charge is -2.05. The van der Waals surface area contributed by atoms with Gasteiger partial charge in [-0.25, -0.2) is 14.8 Å². The normalized spacial score (nSPS) is 13.6. The summed E-state index contributed by atoms with van der Waals surface area (Å²) in [4.78, 5) is 20.3. The van der Waals surface area contributed by atoms with Crippen molar-refractivity contribution in [2.45, 2.75) is 13.5 Å². The van der Waals surface area contributed by atoms with Crippen LogP contribution in [0.3, 0.4) is 0 Å². The van der Waals surface area contributed by atoms with Crippen LogP contribution in [-0.4, -0.2) is 26.7 Å². The molecule has 0 saturated heterocycles. The second-order valence-electron chi connectivity index (χ2n) is 3.92. The number of aromatic nitrogens is 2. The number of halogens is 1. The molecule has 3 aliphatic heterocycles. The first-order chi connectivity index (χ1) is 8.69. The maximum Gasteiger partial charge on any atom is 0.356 e. The minimum Gasteiger partial charge on any atom is -0.461 e. The predicted octanol–water partition coefficient (Wildman–Crippen LogP) is 2.60. The Morgan fingerprint density at radius 1 is 1.61 bits per heavy atom. The number of esters is 1. The molecule has 3 aliphatic rings. The van der Waals surface area contributed by atoms with Crippen molar-refractivity contribution in [1.29, 1.82) is 0 Å². The van der Waals surface area contributed by atoms with Crippen molar-refractivity contribution in [3.8, 4) is 11.3 Å². The Labute approximate surface area is 112 Å². The van der Waals surface area contributed by atoms with Crippen LogP contribution in [0, 0.1) is 0 Å².